The van der Waals surface area contributed by atoms with Crippen molar-refractivity contribution in [3.63, 3.8) is 0 Å². The molecule has 6 nitrogen and oxygen atoms in total. The number of hydrogen-bond acceptors (Lipinski definition) is 5. The number of ketones is 1. The number of carbonyl (C=O) groups excluding carboxylic acids is 2. The van der Waals surface area contributed by atoms with Gasteiger partial charge in [0.1, 0.15) is 11.5 Å². The number of aliphatic hydroxyl groups excluding tert-OH is 1. The average Bonchev–Trinajstić information content (AvgIpc) is 3.06. The van der Waals surface area contributed by atoms with Crippen LogP contribution in [0.2, 0.25) is 0 Å². The third kappa shape index (κ3) is 3.57. The fourth-order valence-corrected chi connectivity index (χ4v) is 3.85. The molecule has 0 bridgehead atoms. The largest absolute Gasteiger partial charge is 0.507 e. The molecule has 1 aliphatic heterocycles. The van der Waals surface area contributed by atoms with Gasteiger partial charge in [-0.3, -0.25) is 19.5 Å². The monoisotopic (exact) mass is 414 g/mol. The molecule has 1 N–H and O–H groups in total. The highest BCUT2D eigenvalue weighted by atomic mass is 16.5. The van der Waals surface area contributed by atoms with Crippen molar-refractivity contribution in [2.75, 3.05) is 12.0 Å². The molecule has 31 heavy (non-hydrogen) atoms. The highest BCUT2D eigenvalue weighted by molar-refractivity contribution is 6.51. The first-order valence-electron chi connectivity index (χ1n) is 9.85. The topological polar surface area (TPSA) is 79.7 Å². The summed E-state index contributed by atoms with van der Waals surface area (Å²) in [7, 11) is 1.52. The van der Waals surface area contributed by atoms with Crippen molar-refractivity contribution < 1.29 is 19.4 Å². The predicted octanol–water partition coefficient (Wildman–Crippen LogP) is 4.33. The van der Waals surface area contributed by atoms with E-state index in [9.17, 15) is 14.7 Å². The summed E-state index contributed by atoms with van der Waals surface area (Å²) >= 11 is 0. The summed E-state index contributed by atoms with van der Waals surface area (Å²) in [6.45, 7) is 3.82. The second kappa shape index (κ2) is 8.07. The number of anilines is 1. The van der Waals surface area contributed by atoms with Gasteiger partial charge in [-0.25, -0.2) is 0 Å². The number of methoxy groups -OCH3 is 1. The maximum absolute atomic E-state index is 13.2. The lowest BCUT2D eigenvalue weighted by atomic mass is 9.95. The summed E-state index contributed by atoms with van der Waals surface area (Å²) in [5.74, 6) is -1.12. The maximum Gasteiger partial charge on any atom is 0.300 e. The van der Waals surface area contributed by atoms with Gasteiger partial charge in [-0.05, 0) is 60.9 Å². The van der Waals surface area contributed by atoms with Crippen LogP contribution in [0, 0.1) is 13.8 Å². The molecule has 1 atom stereocenters. The molecular formula is C25H22N2O4. The van der Waals surface area contributed by atoms with Gasteiger partial charge in [0.25, 0.3) is 11.7 Å². The molecule has 0 saturated carbocycles. The van der Waals surface area contributed by atoms with Crippen molar-refractivity contribution in [1.29, 1.82) is 0 Å². The molecule has 3 aromatic rings. The Hall–Kier alpha value is -3.93. The van der Waals surface area contributed by atoms with Gasteiger partial charge >= 0.3 is 0 Å². The fourth-order valence-electron chi connectivity index (χ4n) is 3.85. The van der Waals surface area contributed by atoms with E-state index in [1.54, 1.807) is 48.8 Å². The van der Waals surface area contributed by atoms with E-state index in [-0.39, 0.29) is 11.3 Å². The molecule has 156 valence electrons. The van der Waals surface area contributed by atoms with Crippen molar-refractivity contribution in [3.05, 3.63) is 94.8 Å². The van der Waals surface area contributed by atoms with Crippen molar-refractivity contribution >= 4 is 23.1 Å². The van der Waals surface area contributed by atoms with Crippen LogP contribution < -0.4 is 9.64 Å². The van der Waals surface area contributed by atoms with Crippen LogP contribution in [0.4, 0.5) is 5.69 Å². The SMILES string of the molecule is COc1cccc(/C(O)=C2\C(=O)C(=O)N(c3cc(C)ccc3C)C2c2ccncc2)c1. The predicted molar refractivity (Wildman–Crippen MR) is 118 cm³/mol. The van der Waals surface area contributed by atoms with Crippen LogP contribution in [0.25, 0.3) is 5.76 Å². The van der Waals surface area contributed by atoms with E-state index in [1.165, 1.54) is 12.0 Å². The van der Waals surface area contributed by atoms with Crippen LogP contribution in [-0.4, -0.2) is 28.9 Å². The molecule has 0 radical (unpaired) electrons. The zero-order valence-corrected chi connectivity index (χ0v) is 17.5. The smallest absolute Gasteiger partial charge is 0.300 e. The minimum Gasteiger partial charge on any atom is -0.507 e. The number of aromatic nitrogens is 1. The van der Waals surface area contributed by atoms with E-state index in [0.717, 1.165) is 11.1 Å². The van der Waals surface area contributed by atoms with Crippen molar-refractivity contribution in [1.82, 2.24) is 4.98 Å². The standard InChI is InChI=1S/C25H22N2O4/c1-15-7-8-16(2)20(13-15)27-22(17-9-11-26-12-10-17)21(24(29)25(27)30)23(28)18-5-4-6-19(14-18)31-3/h4-14,22,28H,1-3H3/b23-21+. The Kier molecular flexibility index (Phi) is 5.29. The first-order valence-corrected chi connectivity index (χ1v) is 9.85. The molecule has 0 spiro atoms. The lowest BCUT2D eigenvalue weighted by Gasteiger charge is -2.27. The van der Waals surface area contributed by atoms with E-state index in [1.807, 2.05) is 32.0 Å². The summed E-state index contributed by atoms with van der Waals surface area (Å²) in [5, 5.41) is 11.2. The molecule has 1 aromatic heterocycles. The Balaban J connectivity index is 1.97. The van der Waals surface area contributed by atoms with Crippen LogP contribution >= 0.6 is 0 Å². The number of Topliss-reactive ketones (excluding diaryl/α,β-unsaturated/α-hetero) is 1. The molecule has 6 heteroatoms. The first kappa shape index (κ1) is 20.3. The van der Waals surface area contributed by atoms with Gasteiger partial charge in [-0.1, -0.05) is 24.3 Å². The van der Waals surface area contributed by atoms with Gasteiger partial charge < -0.3 is 9.84 Å². The molecule has 1 amide bonds. The number of amides is 1. The number of aryl methyl sites for hydroxylation is 2. The van der Waals surface area contributed by atoms with E-state index < -0.39 is 17.7 Å². The fraction of sp³-hybridized carbons (Fsp3) is 0.160. The molecule has 1 aliphatic rings. The van der Waals surface area contributed by atoms with Crippen LogP contribution in [0.15, 0.2) is 72.6 Å². The van der Waals surface area contributed by atoms with Gasteiger partial charge in [0.15, 0.2) is 0 Å². The van der Waals surface area contributed by atoms with Gasteiger partial charge in [-0.2, -0.15) is 0 Å². The molecule has 1 unspecified atom stereocenters. The van der Waals surface area contributed by atoms with E-state index in [2.05, 4.69) is 4.98 Å². The molecule has 0 aliphatic carbocycles. The molecule has 1 fully saturated rings. The first-order chi connectivity index (χ1) is 14.9. The van der Waals surface area contributed by atoms with Crippen LogP contribution in [0.5, 0.6) is 5.75 Å². The third-order valence-corrected chi connectivity index (χ3v) is 5.43. The van der Waals surface area contributed by atoms with E-state index in [4.69, 9.17) is 4.74 Å². The van der Waals surface area contributed by atoms with Gasteiger partial charge in [-0.15, -0.1) is 0 Å². The van der Waals surface area contributed by atoms with Gasteiger partial charge in [0, 0.05) is 23.6 Å². The Morgan fingerprint density at radius 1 is 1.03 bits per heavy atom. The zero-order chi connectivity index (χ0) is 22.1. The Morgan fingerprint density at radius 3 is 2.48 bits per heavy atom. The summed E-state index contributed by atoms with van der Waals surface area (Å²) in [5.41, 5.74) is 3.56. The maximum atomic E-state index is 13.2. The van der Waals surface area contributed by atoms with Crippen molar-refractivity contribution in [2.45, 2.75) is 19.9 Å². The zero-order valence-electron chi connectivity index (χ0n) is 17.5. The lowest BCUT2D eigenvalue weighted by molar-refractivity contribution is -0.132. The minimum absolute atomic E-state index is 0.0327. The summed E-state index contributed by atoms with van der Waals surface area (Å²) in [4.78, 5) is 31.9. The number of aliphatic hydroxyl groups is 1. The number of benzene rings is 2. The summed E-state index contributed by atoms with van der Waals surface area (Å²) < 4.78 is 5.24. The number of pyridine rings is 1. The number of carbonyl (C=O) groups is 2. The lowest BCUT2D eigenvalue weighted by Crippen LogP contribution is -2.30. The minimum atomic E-state index is -0.783. The summed E-state index contributed by atoms with van der Waals surface area (Å²) in [6, 6.07) is 15.2. The number of ether oxygens (including phenoxy) is 1. The average molecular weight is 414 g/mol. The number of hydrogen-bond donors (Lipinski definition) is 1. The van der Waals surface area contributed by atoms with Crippen LogP contribution in [0.1, 0.15) is 28.3 Å². The van der Waals surface area contributed by atoms with Crippen LogP contribution in [0.3, 0.4) is 0 Å². The second-order valence-electron chi connectivity index (χ2n) is 7.47. The normalized spacial score (nSPS) is 17.8. The van der Waals surface area contributed by atoms with E-state index >= 15 is 0 Å². The van der Waals surface area contributed by atoms with Gasteiger partial charge in [0.05, 0.1) is 18.7 Å². The molecule has 1 saturated heterocycles. The molecule has 2 heterocycles. The second-order valence-corrected chi connectivity index (χ2v) is 7.47. The molecule has 2 aromatic carbocycles. The number of nitrogens with zero attached hydrogens (tertiary/aromatic N) is 2. The Morgan fingerprint density at radius 2 is 1.77 bits per heavy atom. The van der Waals surface area contributed by atoms with Crippen molar-refractivity contribution in [3.8, 4) is 5.75 Å². The van der Waals surface area contributed by atoms with E-state index in [0.29, 0.717) is 22.6 Å². The number of rotatable bonds is 4. The quantitative estimate of drug-likeness (QED) is 0.390. The van der Waals surface area contributed by atoms with Crippen LogP contribution in [-0.2, 0) is 9.59 Å². The molecule has 4 rings (SSSR count). The van der Waals surface area contributed by atoms with Crippen molar-refractivity contribution in [2.24, 2.45) is 0 Å². The Bertz CT molecular complexity index is 1200. The summed E-state index contributed by atoms with van der Waals surface area (Å²) in [6.07, 6.45) is 3.20. The Labute approximate surface area is 180 Å². The highest BCUT2D eigenvalue weighted by Crippen LogP contribution is 2.43. The van der Waals surface area contributed by atoms with Gasteiger partial charge in [0.2, 0.25) is 0 Å². The highest BCUT2D eigenvalue weighted by Gasteiger charge is 2.47. The third-order valence-electron chi connectivity index (χ3n) is 5.43. The molecular weight excluding hydrogens is 392 g/mol.